The third kappa shape index (κ3) is 6.38. The molecule has 0 spiro atoms. The van der Waals surface area contributed by atoms with Crippen molar-refractivity contribution in [2.75, 3.05) is 26.2 Å². The van der Waals surface area contributed by atoms with Crippen LogP contribution in [0.1, 0.15) is 39.2 Å². The number of nitrogens with zero attached hydrogens (tertiary/aromatic N) is 2. The Hall–Kier alpha value is -1.91. The fraction of sp³-hybridized carbons (Fsp3) is 0.556. The molecule has 0 bridgehead atoms. The molecule has 4 nitrogen and oxygen atoms in total. The molecule has 0 radical (unpaired) electrons. The van der Waals surface area contributed by atoms with Gasteiger partial charge in [-0.1, -0.05) is 32.0 Å². The summed E-state index contributed by atoms with van der Waals surface area (Å²) < 4.78 is 13.7. The van der Waals surface area contributed by atoms with Crippen LogP contribution in [-0.4, -0.2) is 47.8 Å². The van der Waals surface area contributed by atoms with Crippen molar-refractivity contribution >= 4 is 11.8 Å². The Bertz CT molecular complexity index is 513. The number of hydrogen-bond donors (Lipinski definition) is 0. The van der Waals surface area contributed by atoms with Gasteiger partial charge in [-0.15, -0.1) is 0 Å². The summed E-state index contributed by atoms with van der Waals surface area (Å²) in [4.78, 5) is 27.4. The third-order valence-corrected chi connectivity index (χ3v) is 3.72. The Morgan fingerprint density at radius 2 is 1.61 bits per heavy atom. The zero-order chi connectivity index (χ0) is 17.2. The Balaban J connectivity index is 2.66. The lowest BCUT2D eigenvalue weighted by molar-refractivity contribution is -0.139. The van der Waals surface area contributed by atoms with Gasteiger partial charge < -0.3 is 9.80 Å². The molecule has 23 heavy (non-hydrogen) atoms. The molecule has 0 fully saturated rings. The molecule has 0 aromatic heterocycles. The largest absolute Gasteiger partial charge is 0.341 e. The highest BCUT2D eigenvalue weighted by Crippen LogP contribution is 2.08. The van der Waals surface area contributed by atoms with E-state index in [2.05, 4.69) is 0 Å². The molecule has 0 atom stereocenters. The monoisotopic (exact) mass is 322 g/mol. The van der Waals surface area contributed by atoms with Gasteiger partial charge in [0.25, 0.3) is 0 Å². The van der Waals surface area contributed by atoms with Crippen molar-refractivity contribution in [1.29, 1.82) is 0 Å². The van der Waals surface area contributed by atoms with Gasteiger partial charge >= 0.3 is 0 Å². The number of carbonyl (C=O) groups is 2. The second-order valence-electron chi connectivity index (χ2n) is 5.66. The Morgan fingerprint density at radius 3 is 2.13 bits per heavy atom. The van der Waals surface area contributed by atoms with E-state index in [4.69, 9.17) is 0 Å². The molecule has 2 amide bonds. The molecule has 0 saturated carbocycles. The van der Waals surface area contributed by atoms with Crippen LogP contribution in [0.2, 0.25) is 0 Å². The number of amides is 2. The zero-order valence-electron chi connectivity index (χ0n) is 14.3. The minimum Gasteiger partial charge on any atom is -0.341 e. The van der Waals surface area contributed by atoms with Crippen molar-refractivity contribution in [3.63, 3.8) is 0 Å². The van der Waals surface area contributed by atoms with E-state index in [1.165, 1.54) is 17.9 Å². The van der Waals surface area contributed by atoms with E-state index in [9.17, 15) is 14.0 Å². The maximum atomic E-state index is 13.7. The molecule has 0 aliphatic rings. The molecule has 0 aliphatic carbocycles. The molecular formula is C18H27FN2O2. The molecular weight excluding hydrogens is 295 g/mol. The van der Waals surface area contributed by atoms with E-state index in [1.807, 2.05) is 13.8 Å². The van der Waals surface area contributed by atoms with Crippen LogP contribution in [-0.2, 0) is 16.0 Å². The van der Waals surface area contributed by atoms with E-state index >= 15 is 0 Å². The van der Waals surface area contributed by atoms with Crippen LogP contribution in [0, 0.1) is 5.82 Å². The number of rotatable bonds is 9. The van der Waals surface area contributed by atoms with Crippen LogP contribution < -0.4 is 0 Å². The lowest BCUT2D eigenvalue weighted by Crippen LogP contribution is -2.43. The quantitative estimate of drug-likeness (QED) is 0.701. The van der Waals surface area contributed by atoms with Crippen molar-refractivity contribution in [3.05, 3.63) is 35.6 Å². The smallest absolute Gasteiger partial charge is 0.242 e. The molecule has 0 aliphatic heterocycles. The summed E-state index contributed by atoms with van der Waals surface area (Å²) in [5.74, 6) is -0.485. The first-order valence-corrected chi connectivity index (χ1v) is 8.26. The fourth-order valence-electron chi connectivity index (χ4n) is 2.47. The standard InChI is InChI=1S/C18H27FN2O2/c1-4-11-20(12-5-2)18(23)14-21(15(3)22)13-10-16-8-6-7-9-17(16)19/h6-9H,4-5,10-14H2,1-3H3. The maximum Gasteiger partial charge on any atom is 0.242 e. The first-order chi connectivity index (χ1) is 11.0. The van der Waals surface area contributed by atoms with Crippen molar-refractivity contribution in [3.8, 4) is 0 Å². The summed E-state index contributed by atoms with van der Waals surface area (Å²) in [5, 5.41) is 0. The second kappa shape index (κ2) is 9.98. The molecule has 5 heteroatoms. The lowest BCUT2D eigenvalue weighted by Gasteiger charge is -2.26. The van der Waals surface area contributed by atoms with Gasteiger partial charge in [-0.05, 0) is 30.9 Å². The van der Waals surface area contributed by atoms with Gasteiger partial charge in [0, 0.05) is 26.6 Å². The van der Waals surface area contributed by atoms with E-state index in [0.29, 0.717) is 31.6 Å². The Kier molecular flexibility index (Phi) is 8.30. The van der Waals surface area contributed by atoms with Crippen LogP contribution in [0.3, 0.4) is 0 Å². The molecule has 0 saturated heterocycles. The highest BCUT2D eigenvalue weighted by atomic mass is 19.1. The number of halogens is 1. The molecule has 1 aromatic rings. The van der Waals surface area contributed by atoms with Gasteiger partial charge in [0.05, 0.1) is 6.54 Å². The van der Waals surface area contributed by atoms with Crippen LogP contribution in [0.4, 0.5) is 4.39 Å². The molecule has 0 heterocycles. The van der Waals surface area contributed by atoms with E-state index in [1.54, 1.807) is 23.1 Å². The van der Waals surface area contributed by atoms with Crippen molar-refractivity contribution in [1.82, 2.24) is 9.80 Å². The van der Waals surface area contributed by atoms with E-state index in [0.717, 1.165) is 12.8 Å². The molecule has 1 rings (SSSR count). The minimum absolute atomic E-state index is 0.0440. The predicted octanol–water partition coefficient (Wildman–Crippen LogP) is 2.87. The average Bonchev–Trinajstić information content (AvgIpc) is 2.52. The van der Waals surface area contributed by atoms with Gasteiger partial charge in [-0.25, -0.2) is 4.39 Å². The number of carbonyl (C=O) groups excluding carboxylic acids is 2. The summed E-state index contributed by atoms with van der Waals surface area (Å²) in [6.07, 6.45) is 2.18. The zero-order valence-corrected chi connectivity index (χ0v) is 14.3. The van der Waals surface area contributed by atoms with Gasteiger partial charge in [0.2, 0.25) is 11.8 Å². The Labute approximate surface area is 138 Å². The van der Waals surface area contributed by atoms with Gasteiger partial charge in [-0.3, -0.25) is 9.59 Å². The Morgan fingerprint density at radius 1 is 1.00 bits per heavy atom. The van der Waals surface area contributed by atoms with Crippen molar-refractivity contribution < 1.29 is 14.0 Å². The van der Waals surface area contributed by atoms with Crippen molar-refractivity contribution in [2.45, 2.75) is 40.0 Å². The van der Waals surface area contributed by atoms with Crippen LogP contribution in [0.25, 0.3) is 0 Å². The topological polar surface area (TPSA) is 40.6 Å². The van der Waals surface area contributed by atoms with E-state index < -0.39 is 0 Å². The third-order valence-electron chi connectivity index (χ3n) is 3.72. The summed E-state index contributed by atoms with van der Waals surface area (Å²) in [5.41, 5.74) is 0.560. The SMILES string of the molecule is CCCN(CCC)C(=O)CN(CCc1ccccc1F)C(C)=O. The average molecular weight is 322 g/mol. The highest BCUT2D eigenvalue weighted by molar-refractivity contribution is 5.83. The van der Waals surface area contributed by atoms with Crippen LogP contribution in [0.15, 0.2) is 24.3 Å². The molecule has 1 aromatic carbocycles. The first kappa shape index (κ1) is 19.1. The second-order valence-corrected chi connectivity index (χ2v) is 5.66. The van der Waals surface area contributed by atoms with Gasteiger partial charge in [-0.2, -0.15) is 0 Å². The minimum atomic E-state index is -0.277. The fourth-order valence-corrected chi connectivity index (χ4v) is 2.47. The lowest BCUT2D eigenvalue weighted by atomic mass is 10.1. The predicted molar refractivity (Wildman–Crippen MR) is 89.5 cm³/mol. The van der Waals surface area contributed by atoms with E-state index in [-0.39, 0.29) is 24.2 Å². The van der Waals surface area contributed by atoms with Crippen LogP contribution >= 0.6 is 0 Å². The summed E-state index contributed by atoms with van der Waals surface area (Å²) in [6, 6.07) is 6.52. The van der Waals surface area contributed by atoms with Gasteiger partial charge in [0.1, 0.15) is 5.82 Å². The summed E-state index contributed by atoms with van der Waals surface area (Å²) in [7, 11) is 0. The normalized spacial score (nSPS) is 10.4. The molecule has 128 valence electrons. The number of hydrogen-bond acceptors (Lipinski definition) is 2. The van der Waals surface area contributed by atoms with Crippen molar-refractivity contribution in [2.24, 2.45) is 0 Å². The first-order valence-electron chi connectivity index (χ1n) is 8.26. The maximum absolute atomic E-state index is 13.7. The van der Waals surface area contributed by atoms with Crippen LogP contribution in [0.5, 0.6) is 0 Å². The van der Waals surface area contributed by atoms with Gasteiger partial charge in [0.15, 0.2) is 0 Å². The number of benzene rings is 1. The molecule has 0 unspecified atom stereocenters. The molecule has 0 N–H and O–H groups in total. The highest BCUT2D eigenvalue weighted by Gasteiger charge is 2.18. The summed E-state index contributed by atoms with van der Waals surface area (Å²) in [6.45, 7) is 7.29. The summed E-state index contributed by atoms with van der Waals surface area (Å²) >= 11 is 0.